The van der Waals surface area contributed by atoms with Gasteiger partial charge in [0.1, 0.15) is 0 Å². The lowest BCUT2D eigenvalue weighted by Crippen LogP contribution is -2.20. The summed E-state index contributed by atoms with van der Waals surface area (Å²) >= 11 is 0. The van der Waals surface area contributed by atoms with Crippen LogP contribution in [0.5, 0.6) is 0 Å². The lowest BCUT2D eigenvalue weighted by atomic mass is 10.1. The number of hydrogen-bond acceptors (Lipinski definition) is 2. The van der Waals surface area contributed by atoms with Crippen molar-refractivity contribution in [3.63, 3.8) is 0 Å². The minimum Gasteiger partial charge on any atom is -0.359 e. The van der Waals surface area contributed by atoms with Crippen molar-refractivity contribution >= 4 is 17.5 Å². The van der Waals surface area contributed by atoms with E-state index in [4.69, 9.17) is 0 Å². The lowest BCUT2D eigenvalue weighted by Gasteiger charge is -2.07. The number of amides is 2. The average Bonchev–Trinajstić information content (AvgIpc) is 3.01. The number of hydrogen-bond donors (Lipinski definition) is 2. The maximum Gasteiger partial charge on any atom is 0.228 e. The first-order valence-electron chi connectivity index (χ1n) is 8.01. The van der Waals surface area contributed by atoms with Gasteiger partial charge in [0.05, 0.1) is 12.3 Å². The van der Waals surface area contributed by atoms with E-state index in [1.165, 1.54) is 5.57 Å². The highest BCUT2D eigenvalue weighted by Gasteiger charge is 2.60. The maximum absolute atomic E-state index is 12.5. The van der Waals surface area contributed by atoms with Gasteiger partial charge in [-0.1, -0.05) is 37.6 Å². The summed E-state index contributed by atoms with van der Waals surface area (Å²) in [5.41, 5.74) is 2.96. The molecular weight excluding hydrogens is 288 g/mol. The minimum absolute atomic E-state index is 0.0144. The van der Waals surface area contributed by atoms with Crippen molar-refractivity contribution in [1.29, 1.82) is 0 Å². The third-order valence-corrected chi connectivity index (χ3v) is 4.57. The van der Waals surface area contributed by atoms with Gasteiger partial charge in [-0.25, -0.2) is 0 Å². The Morgan fingerprint density at radius 2 is 1.78 bits per heavy atom. The number of anilines is 1. The van der Waals surface area contributed by atoms with Gasteiger partial charge in [-0.2, -0.15) is 0 Å². The van der Waals surface area contributed by atoms with Crippen molar-refractivity contribution in [3.8, 4) is 0 Å². The Balaban J connectivity index is 1.99. The molecule has 0 spiro atoms. The molecule has 1 aromatic carbocycles. The fourth-order valence-corrected chi connectivity index (χ4v) is 3.05. The van der Waals surface area contributed by atoms with E-state index in [9.17, 15) is 9.59 Å². The van der Waals surface area contributed by atoms with Gasteiger partial charge in [-0.05, 0) is 42.9 Å². The molecule has 0 saturated heterocycles. The van der Waals surface area contributed by atoms with Crippen molar-refractivity contribution in [3.05, 3.63) is 41.5 Å². The first-order chi connectivity index (χ1) is 10.8. The highest BCUT2D eigenvalue weighted by Crippen LogP contribution is 2.59. The molecule has 1 saturated carbocycles. The zero-order valence-corrected chi connectivity index (χ0v) is 14.6. The van der Waals surface area contributed by atoms with Crippen LogP contribution in [0.4, 0.5) is 5.69 Å². The molecule has 0 radical (unpaired) electrons. The molecule has 1 fully saturated rings. The molecule has 1 aliphatic rings. The number of allylic oxidation sites excluding steroid dienone is 2. The number of likely N-dealkylation sites (N-methyl/N-ethyl adjacent to an activating group) is 1. The van der Waals surface area contributed by atoms with E-state index in [2.05, 4.69) is 44.4 Å². The predicted octanol–water partition coefficient (Wildman–Crippen LogP) is 3.15. The van der Waals surface area contributed by atoms with Crippen molar-refractivity contribution in [2.45, 2.75) is 34.1 Å². The molecule has 2 rings (SSSR count). The number of carbonyl (C=O) groups excluding carboxylic acids is 2. The molecule has 0 bridgehead atoms. The smallest absolute Gasteiger partial charge is 0.228 e. The van der Waals surface area contributed by atoms with Crippen LogP contribution in [0.25, 0.3) is 0 Å². The third kappa shape index (κ3) is 4.01. The molecule has 0 aromatic heterocycles. The summed E-state index contributed by atoms with van der Waals surface area (Å²) in [4.78, 5) is 23.8. The van der Waals surface area contributed by atoms with E-state index >= 15 is 0 Å². The molecule has 23 heavy (non-hydrogen) atoms. The minimum atomic E-state index is -0.0221. The van der Waals surface area contributed by atoms with E-state index in [1.54, 1.807) is 7.05 Å². The van der Waals surface area contributed by atoms with E-state index in [-0.39, 0.29) is 23.1 Å². The summed E-state index contributed by atoms with van der Waals surface area (Å²) in [5, 5.41) is 5.59. The normalized spacial score (nSPS) is 21.3. The molecular formula is C19H26N2O2. The Kier molecular flexibility index (Phi) is 4.93. The Labute approximate surface area is 138 Å². The highest BCUT2D eigenvalue weighted by molar-refractivity contribution is 5.95. The molecule has 2 atom stereocenters. The van der Waals surface area contributed by atoms with Gasteiger partial charge in [0, 0.05) is 12.7 Å². The predicted molar refractivity (Wildman–Crippen MR) is 93.0 cm³/mol. The molecule has 1 aliphatic carbocycles. The molecule has 2 amide bonds. The zero-order valence-electron chi connectivity index (χ0n) is 14.6. The molecule has 2 unspecified atom stereocenters. The second-order valence-electron chi connectivity index (χ2n) is 7.10. The second kappa shape index (κ2) is 6.57. The summed E-state index contributed by atoms with van der Waals surface area (Å²) < 4.78 is 0. The van der Waals surface area contributed by atoms with E-state index < -0.39 is 0 Å². The third-order valence-electron chi connectivity index (χ3n) is 4.57. The SMILES string of the molecule is CNC(=O)Cc1ccc(NC(=O)C2C(C=C(C)C)C2(C)C)cc1. The van der Waals surface area contributed by atoms with E-state index in [0.29, 0.717) is 12.3 Å². The number of nitrogens with one attached hydrogen (secondary N) is 2. The summed E-state index contributed by atoms with van der Waals surface area (Å²) in [6.07, 6.45) is 2.54. The Hall–Kier alpha value is -2.10. The molecule has 0 heterocycles. The number of carbonyl (C=O) groups is 2. The standard InChI is InChI=1S/C19H26N2O2/c1-12(2)10-15-17(19(15,3)4)18(23)21-14-8-6-13(7-9-14)11-16(22)20-5/h6-10,15,17H,11H2,1-5H3,(H,20,22)(H,21,23). The van der Waals surface area contributed by atoms with Gasteiger partial charge in [-0.3, -0.25) is 9.59 Å². The summed E-state index contributed by atoms with van der Waals surface area (Å²) in [6, 6.07) is 7.44. The van der Waals surface area contributed by atoms with Crippen LogP contribution in [0.2, 0.25) is 0 Å². The van der Waals surface area contributed by atoms with E-state index in [1.807, 2.05) is 24.3 Å². The topological polar surface area (TPSA) is 58.2 Å². The van der Waals surface area contributed by atoms with Gasteiger partial charge in [0.2, 0.25) is 11.8 Å². The average molecular weight is 314 g/mol. The van der Waals surface area contributed by atoms with E-state index in [0.717, 1.165) is 11.3 Å². The fraction of sp³-hybridized carbons (Fsp3) is 0.474. The van der Waals surface area contributed by atoms with Crippen molar-refractivity contribution in [1.82, 2.24) is 5.32 Å². The lowest BCUT2D eigenvalue weighted by molar-refractivity contribution is -0.120. The van der Waals surface area contributed by atoms with Crippen LogP contribution in [0.1, 0.15) is 33.3 Å². The molecule has 0 aliphatic heterocycles. The monoisotopic (exact) mass is 314 g/mol. The van der Waals surface area contributed by atoms with Crippen LogP contribution in [0, 0.1) is 17.3 Å². The maximum atomic E-state index is 12.5. The van der Waals surface area contributed by atoms with Crippen molar-refractivity contribution in [2.24, 2.45) is 17.3 Å². The largest absolute Gasteiger partial charge is 0.359 e. The van der Waals surface area contributed by atoms with Crippen LogP contribution in [-0.2, 0) is 16.0 Å². The molecule has 4 heteroatoms. The first kappa shape index (κ1) is 17.3. The van der Waals surface area contributed by atoms with Crippen molar-refractivity contribution < 1.29 is 9.59 Å². The molecule has 2 N–H and O–H groups in total. The van der Waals surface area contributed by atoms with Crippen LogP contribution < -0.4 is 10.6 Å². The Morgan fingerprint density at radius 1 is 1.17 bits per heavy atom. The highest BCUT2D eigenvalue weighted by atomic mass is 16.2. The number of rotatable bonds is 5. The van der Waals surface area contributed by atoms with Crippen LogP contribution in [0.15, 0.2) is 35.9 Å². The van der Waals surface area contributed by atoms with Gasteiger partial charge < -0.3 is 10.6 Å². The van der Waals surface area contributed by atoms with Crippen LogP contribution >= 0.6 is 0 Å². The summed E-state index contributed by atoms with van der Waals surface area (Å²) in [6.45, 7) is 8.39. The molecule has 124 valence electrons. The molecule has 1 aromatic rings. The Morgan fingerprint density at radius 3 is 2.30 bits per heavy atom. The van der Waals surface area contributed by atoms with Crippen LogP contribution in [0.3, 0.4) is 0 Å². The van der Waals surface area contributed by atoms with Gasteiger partial charge in [0.15, 0.2) is 0 Å². The summed E-state index contributed by atoms with van der Waals surface area (Å²) in [5.74, 6) is 0.366. The van der Waals surface area contributed by atoms with Gasteiger partial charge in [-0.15, -0.1) is 0 Å². The fourth-order valence-electron chi connectivity index (χ4n) is 3.05. The second-order valence-corrected chi connectivity index (χ2v) is 7.10. The zero-order chi connectivity index (χ0) is 17.2. The Bertz CT molecular complexity index is 625. The summed E-state index contributed by atoms with van der Waals surface area (Å²) in [7, 11) is 1.62. The molecule has 4 nitrogen and oxygen atoms in total. The van der Waals surface area contributed by atoms with Crippen LogP contribution in [-0.4, -0.2) is 18.9 Å². The quantitative estimate of drug-likeness (QED) is 0.820. The van der Waals surface area contributed by atoms with Crippen molar-refractivity contribution in [2.75, 3.05) is 12.4 Å². The number of benzene rings is 1. The van der Waals surface area contributed by atoms with Gasteiger partial charge >= 0.3 is 0 Å². The van der Waals surface area contributed by atoms with Gasteiger partial charge in [0.25, 0.3) is 0 Å². The first-order valence-corrected chi connectivity index (χ1v) is 8.01.